The van der Waals surface area contributed by atoms with Crippen LogP contribution in [0.15, 0.2) is 10.9 Å². The number of likely N-dealkylation sites (tertiary alicyclic amines) is 1. The summed E-state index contributed by atoms with van der Waals surface area (Å²) in [6.07, 6.45) is 3.22. The van der Waals surface area contributed by atoms with Crippen LogP contribution in [0, 0.1) is 19.3 Å². The largest absolute Gasteiger partial charge is 0.353 e. The molecule has 0 aliphatic carbocycles. The highest BCUT2D eigenvalue weighted by atomic mass is 16.2. The number of amides is 1. The molecule has 1 atom stereocenters. The van der Waals surface area contributed by atoms with Crippen molar-refractivity contribution in [2.45, 2.75) is 45.7 Å². The molecule has 3 rings (SSSR count). The van der Waals surface area contributed by atoms with Crippen LogP contribution >= 0.6 is 0 Å². The molecule has 2 aliphatic rings. The van der Waals surface area contributed by atoms with Gasteiger partial charge in [0.05, 0.1) is 6.04 Å². The summed E-state index contributed by atoms with van der Waals surface area (Å²) in [7, 11) is 2.04. The molecule has 0 radical (unpaired) electrons. The molecule has 25 heavy (non-hydrogen) atoms. The van der Waals surface area contributed by atoms with E-state index in [4.69, 9.17) is 0 Å². The number of aromatic nitrogens is 2. The van der Waals surface area contributed by atoms with Crippen molar-refractivity contribution in [3.05, 3.63) is 27.9 Å². The number of likely N-dealkylation sites (N-methyl/N-ethyl adjacent to an activating group) is 1. The molecule has 1 amide bonds. The lowest BCUT2D eigenvalue weighted by Crippen LogP contribution is -2.43. The quantitative estimate of drug-likeness (QED) is 0.805. The van der Waals surface area contributed by atoms with Crippen LogP contribution in [0.3, 0.4) is 0 Å². The molecule has 1 spiro atoms. The predicted octanol–water partition coefficient (Wildman–Crippen LogP) is 0.0502. The Kier molecular flexibility index (Phi) is 5.24. The zero-order valence-corrected chi connectivity index (χ0v) is 15.5. The van der Waals surface area contributed by atoms with Gasteiger partial charge in [-0.2, -0.15) is 4.98 Å². The van der Waals surface area contributed by atoms with Crippen molar-refractivity contribution < 1.29 is 4.79 Å². The minimum atomic E-state index is -0.251. The lowest BCUT2D eigenvalue weighted by molar-refractivity contribution is -0.125. The Bertz CT molecular complexity index is 693. The molecule has 1 unspecified atom stereocenters. The van der Waals surface area contributed by atoms with Crippen molar-refractivity contribution in [3.8, 4) is 0 Å². The van der Waals surface area contributed by atoms with Gasteiger partial charge in [-0.3, -0.25) is 14.3 Å². The average molecular weight is 347 g/mol. The summed E-state index contributed by atoms with van der Waals surface area (Å²) in [6.45, 7) is 7.69. The Labute approximate surface area is 148 Å². The van der Waals surface area contributed by atoms with Crippen molar-refractivity contribution in [1.29, 1.82) is 0 Å². The van der Waals surface area contributed by atoms with Gasteiger partial charge in [-0.1, -0.05) is 0 Å². The van der Waals surface area contributed by atoms with E-state index in [2.05, 4.69) is 20.5 Å². The van der Waals surface area contributed by atoms with E-state index >= 15 is 0 Å². The minimum absolute atomic E-state index is 0.0629. The van der Waals surface area contributed by atoms with Gasteiger partial charge in [0.15, 0.2) is 0 Å². The molecule has 1 aromatic heterocycles. The highest BCUT2D eigenvalue weighted by Gasteiger charge is 2.45. The zero-order valence-electron chi connectivity index (χ0n) is 15.5. The number of rotatable bonds is 4. The van der Waals surface area contributed by atoms with Crippen molar-refractivity contribution >= 4 is 5.91 Å². The van der Waals surface area contributed by atoms with Crippen LogP contribution in [0.1, 0.15) is 30.7 Å². The van der Waals surface area contributed by atoms with E-state index in [0.29, 0.717) is 13.1 Å². The molecule has 2 saturated heterocycles. The van der Waals surface area contributed by atoms with E-state index in [1.807, 2.05) is 27.0 Å². The second-order valence-electron chi connectivity index (χ2n) is 7.65. The van der Waals surface area contributed by atoms with E-state index in [0.717, 1.165) is 50.3 Å². The van der Waals surface area contributed by atoms with Gasteiger partial charge in [0.1, 0.15) is 0 Å². The van der Waals surface area contributed by atoms with Gasteiger partial charge in [0.25, 0.3) is 0 Å². The molecule has 1 aromatic rings. The van der Waals surface area contributed by atoms with Crippen LogP contribution in [0.25, 0.3) is 0 Å². The van der Waals surface area contributed by atoms with Crippen LogP contribution in [-0.2, 0) is 11.3 Å². The maximum absolute atomic E-state index is 12.6. The topological polar surface area (TPSA) is 79.3 Å². The van der Waals surface area contributed by atoms with Gasteiger partial charge in [-0.05, 0) is 64.7 Å². The van der Waals surface area contributed by atoms with Crippen molar-refractivity contribution in [1.82, 2.24) is 25.1 Å². The smallest absolute Gasteiger partial charge is 0.348 e. The van der Waals surface area contributed by atoms with Gasteiger partial charge >= 0.3 is 5.69 Å². The minimum Gasteiger partial charge on any atom is -0.353 e. The number of carbonyl (C=O) groups is 1. The predicted molar refractivity (Wildman–Crippen MR) is 96.6 cm³/mol. The lowest BCUT2D eigenvalue weighted by Gasteiger charge is -2.33. The Morgan fingerprint density at radius 3 is 2.80 bits per heavy atom. The molecule has 2 fully saturated rings. The Morgan fingerprint density at radius 2 is 2.12 bits per heavy atom. The summed E-state index contributed by atoms with van der Waals surface area (Å²) in [5.74, 6) is 0.0729. The first kappa shape index (κ1) is 18.1. The van der Waals surface area contributed by atoms with E-state index < -0.39 is 0 Å². The average Bonchev–Trinajstić information content (AvgIpc) is 2.86. The number of nitrogens with one attached hydrogen (secondary N) is 2. The first-order valence-electron chi connectivity index (χ1n) is 9.14. The molecule has 2 aliphatic heterocycles. The molecule has 138 valence electrons. The number of hydrogen-bond donors (Lipinski definition) is 2. The lowest BCUT2D eigenvalue weighted by atomic mass is 9.77. The Morgan fingerprint density at radius 1 is 1.40 bits per heavy atom. The summed E-state index contributed by atoms with van der Waals surface area (Å²) in [5.41, 5.74) is 1.63. The van der Waals surface area contributed by atoms with Crippen LogP contribution in [0.2, 0.25) is 0 Å². The number of nitrogens with zero attached hydrogens (tertiary/aromatic N) is 3. The summed E-state index contributed by atoms with van der Waals surface area (Å²) in [5, 5.41) is 6.42. The third kappa shape index (κ3) is 3.93. The van der Waals surface area contributed by atoms with Crippen LogP contribution in [-0.4, -0.2) is 59.6 Å². The molecule has 3 heterocycles. The third-order valence-corrected chi connectivity index (χ3v) is 5.69. The van der Waals surface area contributed by atoms with Gasteiger partial charge in [-0.15, -0.1) is 0 Å². The molecule has 2 N–H and O–H groups in total. The second kappa shape index (κ2) is 7.25. The standard InChI is InChI=1S/C18H29N5O2/c1-13-10-14(2)23(17(25)21-13)9-8-20-16(24)15-11-18(12-22(15)3)4-6-19-7-5-18/h10,15,19H,4-9,11-12H2,1-3H3,(H,20,24). The fourth-order valence-electron chi connectivity index (χ4n) is 4.34. The normalized spacial score (nSPS) is 23.1. The molecule has 0 aromatic carbocycles. The van der Waals surface area contributed by atoms with Crippen molar-refractivity contribution in [2.24, 2.45) is 5.41 Å². The summed E-state index contributed by atoms with van der Waals surface area (Å²) in [6, 6.07) is 1.82. The highest BCUT2D eigenvalue weighted by Crippen LogP contribution is 2.41. The summed E-state index contributed by atoms with van der Waals surface area (Å²) < 4.78 is 1.61. The second-order valence-corrected chi connectivity index (χ2v) is 7.65. The van der Waals surface area contributed by atoms with E-state index in [1.165, 1.54) is 0 Å². The number of piperidine rings is 1. The SMILES string of the molecule is Cc1cc(C)n(CCNC(=O)C2CC3(CCNCC3)CN2C)c(=O)n1. The molecule has 7 nitrogen and oxygen atoms in total. The first-order chi connectivity index (χ1) is 11.9. The molecule has 0 bridgehead atoms. The van der Waals surface area contributed by atoms with E-state index in [-0.39, 0.29) is 23.1 Å². The maximum Gasteiger partial charge on any atom is 0.348 e. The van der Waals surface area contributed by atoms with Crippen molar-refractivity contribution in [2.75, 3.05) is 33.2 Å². The zero-order chi connectivity index (χ0) is 18.0. The van der Waals surface area contributed by atoms with Crippen LogP contribution < -0.4 is 16.3 Å². The molecular weight excluding hydrogens is 318 g/mol. The van der Waals surface area contributed by atoms with Gasteiger partial charge in [0, 0.05) is 31.0 Å². The number of aryl methyl sites for hydroxylation is 2. The monoisotopic (exact) mass is 347 g/mol. The molecular formula is C18H29N5O2. The fraction of sp³-hybridized carbons (Fsp3) is 0.722. The van der Waals surface area contributed by atoms with E-state index in [1.54, 1.807) is 4.57 Å². The van der Waals surface area contributed by atoms with Gasteiger partial charge in [-0.25, -0.2) is 4.79 Å². The molecule has 0 saturated carbocycles. The number of carbonyl (C=O) groups excluding carboxylic acids is 1. The molecule has 7 heteroatoms. The Hall–Kier alpha value is -1.73. The number of hydrogen-bond acceptors (Lipinski definition) is 5. The highest BCUT2D eigenvalue weighted by molar-refractivity contribution is 5.82. The summed E-state index contributed by atoms with van der Waals surface area (Å²) >= 11 is 0. The first-order valence-corrected chi connectivity index (χ1v) is 9.14. The van der Waals surface area contributed by atoms with Crippen LogP contribution in [0.5, 0.6) is 0 Å². The Balaban J connectivity index is 1.55. The van der Waals surface area contributed by atoms with Crippen LogP contribution in [0.4, 0.5) is 0 Å². The summed E-state index contributed by atoms with van der Waals surface area (Å²) in [4.78, 5) is 30.7. The van der Waals surface area contributed by atoms with Crippen molar-refractivity contribution in [3.63, 3.8) is 0 Å². The van der Waals surface area contributed by atoms with Gasteiger partial charge in [0.2, 0.25) is 5.91 Å². The van der Waals surface area contributed by atoms with Gasteiger partial charge < -0.3 is 10.6 Å². The van der Waals surface area contributed by atoms with E-state index in [9.17, 15) is 9.59 Å². The fourth-order valence-corrected chi connectivity index (χ4v) is 4.34. The maximum atomic E-state index is 12.6. The third-order valence-electron chi connectivity index (χ3n) is 5.69.